The summed E-state index contributed by atoms with van der Waals surface area (Å²) in [7, 11) is 0. The van der Waals surface area contributed by atoms with Gasteiger partial charge in [0, 0.05) is 6.54 Å². The Labute approximate surface area is 104 Å². The van der Waals surface area contributed by atoms with Crippen molar-refractivity contribution < 1.29 is 9.90 Å². The smallest absolute Gasteiger partial charge is 0.321 e. The Kier molecular flexibility index (Phi) is 6.07. The average molecular weight is 253 g/mol. The Bertz CT molecular complexity index is 420. The minimum absolute atomic E-state index is 0.182. The third kappa shape index (κ3) is 5.33. The van der Waals surface area contributed by atoms with Gasteiger partial charge in [0.2, 0.25) is 0 Å². The van der Waals surface area contributed by atoms with Crippen molar-refractivity contribution in [3.8, 4) is 11.8 Å². The first kappa shape index (κ1) is 13.5. The molecule has 0 aliphatic carbocycles. The number of nitrogens with zero attached hydrogens (tertiary/aromatic N) is 1. The molecule has 0 spiro atoms. The maximum atomic E-state index is 11.4. The van der Waals surface area contributed by atoms with Gasteiger partial charge in [0.25, 0.3) is 0 Å². The number of amides is 2. The quantitative estimate of drug-likeness (QED) is 0.561. The van der Waals surface area contributed by atoms with Crippen molar-refractivity contribution >= 4 is 22.5 Å². The van der Waals surface area contributed by atoms with Crippen LogP contribution in [0, 0.1) is 11.8 Å². The molecule has 1 aromatic heterocycles. The van der Waals surface area contributed by atoms with Crippen LogP contribution in [-0.4, -0.2) is 29.3 Å². The lowest BCUT2D eigenvalue weighted by Gasteiger charge is -2.03. The molecule has 2 amide bonds. The third-order valence-corrected chi connectivity index (χ3v) is 2.66. The second-order valence-electron chi connectivity index (χ2n) is 3.22. The second-order valence-corrected chi connectivity index (χ2v) is 4.25. The number of carbonyl (C=O) groups is 1. The second kappa shape index (κ2) is 7.65. The molecular formula is C11H15N3O2S. The zero-order valence-electron chi connectivity index (χ0n) is 9.62. The van der Waals surface area contributed by atoms with Crippen LogP contribution >= 0.6 is 11.3 Å². The molecule has 3 N–H and O–H groups in total. The molecule has 0 fully saturated rings. The minimum atomic E-state index is -0.255. The van der Waals surface area contributed by atoms with E-state index in [9.17, 15) is 4.79 Å². The molecule has 0 radical (unpaired) electrons. The Balaban J connectivity index is 2.40. The fourth-order valence-electron chi connectivity index (χ4n) is 1.04. The van der Waals surface area contributed by atoms with Crippen molar-refractivity contribution in [2.24, 2.45) is 0 Å². The van der Waals surface area contributed by atoms with Crippen LogP contribution in [0.25, 0.3) is 0 Å². The van der Waals surface area contributed by atoms with E-state index >= 15 is 0 Å². The van der Waals surface area contributed by atoms with Crippen molar-refractivity contribution in [2.45, 2.75) is 19.8 Å². The summed E-state index contributed by atoms with van der Waals surface area (Å²) in [6, 6.07) is -0.255. The standard InChI is InChI=1S/C11H15N3O2S/c1-2-3-6-12-10(16)14-11-13-8-9(17-11)5-4-7-15/h8,15H,2-3,6-7H2,1H3,(H2,12,13,14,16). The number of aliphatic hydroxyl groups excluding tert-OH is 1. The summed E-state index contributed by atoms with van der Waals surface area (Å²) in [5.74, 6) is 5.25. The number of unbranched alkanes of at least 4 members (excludes halogenated alkanes) is 1. The van der Waals surface area contributed by atoms with Gasteiger partial charge in [-0.15, -0.1) is 0 Å². The normalized spacial score (nSPS) is 9.29. The lowest BCUT2D eigenvalue weighted by Crippen LogP contribution is -2.29. The molecule has 0 saturated carbocycles. The van der Waals surface area contributed by atoms with E-state index in [1.165, 1.54) is 11.3 Å². The molecule has 1 rings (SSSR count). The van der Waals surface area contributed by atoms with Gasteiger partial charge in [0.05, 0.1) is 11.1 Å². The van der Waals surface area contributed by atoms with E-state index < -0.39 is 0 Å². The van der Waals surface area contributed by atoms with Crippen LogP contribution in [0.2, 0.25) is 0 Å². The summed E-state index contributed by atoms with van der Waals surface area (Å²) in [6.07, 6.45) is 3.56. The van der Waals surface area contributed by atoms with E-state index in [1.807, 2.05) is 0 Å². The number of carbonyl (C=O) groups excluding carboxylic acids is 1. The molecule has 0 aliphatic rings. The average Bonchev–Trinajstić information content (AvgIpc) is 2.74. The minimum Gasteiger partial charge on any atom is -0.384 e. The van der Waals surface area contributed by atoms with Crippen LogP contribution in [0.3, 0.4) is 0 Å². The summed E-state index contributed by atoms with van der Waals surface area (Å²) >= 11 is 1.27. The number of urea groups is 1. The third-order valence-electron chi connectivity index (χ3n) is 1.83. The van der Waals surface area contributed by atoms with Crippen molar-refractivity contribution in [2.75, 3.05) is 18.5 Å². The maximum absolute atomic E-state index is 11.4. The first-order chi connectivity index (χ1) is 8.26. The molecule has 5 nitrogen and oxygen atoms in total. The first-order valence-corrected chi connectivity index (χ1v) is 6.18. The number of hydrogen-bond acceptors (Lipinski definition) is 4. The van der Waals surface area contributed by atoms with Gasteiger partial charge in [0.1, 0.15) is 6.61 Å². The molecule has 92 valence electrons. The zero-order valence-corrected chi connectivity index (χ0v) is 10.4. The van der Waals surface area contributed by atoms with Gasteiger partial charge in [-0.05, 0) is 6.42 Å². The van der Waals surface area contributed by atoms with Gasteiger partial charge in [0.15, 0.2) is 5.13 Å². The number of hydrogen-bond donors (Lipinski definition) is 3. The van der Waals surface area contributed by atoms with Crippen LogP contribution in [0.15, 0.2) is 6.20 Å². The number of aliphatic hydroxyl groups is 1. The van der Waals surface area contributed by atoms with E-state index in [-0.39, 0.29) is 12.6 Å². The predicted octanol–water partition coefficient (Wildman–Crippen LogP) is 1.41. The number of rotatable bonds is 4. The van der Waals surface area contributed by atoms with E-state index in [1.54, 1.807) is 6.20 Å². The van der Waals surface area contributed by atoms with Gasteiger partial charge >= 0.3 is 6.03 Å². The molecular weight excluding hydrogens is 238 g/mol. The molecule has 0 aliphatic heterocycles. The number of aromatic nitrogens is 1. The van der Waals surface area contributed by atoms with Gasteiger partial charge in [-0.2, -0.15) is 0 Å². The largest absolute Gasteiger partial charge is 0.384 e. The van der Waals surface area contributed by atoms with Gasteiger partial charge in [-0.1, -0.05) is 36.5 Å². The number of nitrogens with one attached hydrogen (secondary N) is 2. The SMILES string of the molecule is CCCCNC(=O)Nc1ncc(C#CCO)s1. The monoisotopic (exact) mass is 253 g/mol. The lowest BCUT2D eigenvalue weighted by molar-refractivity contribution is 0.252. The topological polar surface area (TPSA) is 74.2 Å². The van der Waals surface area contributed by atoms with Crippen LogP contribution in [0.4, 0.5) is 9.93 Å². The van der Waals surface area contributed by atoms with Crippen molar-refractivity contribution in [3.05, 3.63) is 11.1 Å². The van der Waals surface area contributed by atoms with E-state index in [4.69, 9.17) is 5.11 Å². The van der Waals surface area contributed by atoms with E-state index in [0.717, 1.165) is 12.8 Å². The van der Waals surface area contributed by atoms with Gasteiger partial charge in [-0.25, -0.2) is 9.78 Å². The Morgan fingerprint density at radius 3 is 3.18 bits per heavy atom. The number of anilines is 1. The van der Waals surface area contributed by atoms with Crippen molar-refractivity contribution in [1.29, 1.82) is 0 Å². The molecule has 1 heterocycles. The molecule has 0 atom stereocenters. The summed E-state index contributed by atoms with van der Waals surface area (Å²) < 4.78 is 0. The Hall–Kier alpha value is -1.58. The highest BCUT2D eigenvalue weighted by atomic mass is 32.1. The molecule has 0 aromatic carbocycles. The summed E-state index contributed by atoms with van der Waals surface area (Å²) in [6.45, 7) is 2.54. The molecule has 17 heavy (non-hydrogen) atoms. The summed E-state index contributed by atoms with van der Waals surface area (Å²) in [4.78, 5) is 16.1. The Morgan fingerprint density at radius 1 is 1.65 bits per heavy atom. The molecule has 0 saturated heterocycles. The lowest BCUT2D eigenvalue weighted by atomic mass is 10.3. The van der Waals surface area contributed by atoms with Crippen LogP contribution in [0.1, 0.15) is 24.6 Å². The van der Waals surface area contributed by atoms with Crippen LogP contribution in [0.5, 0.6) is 0 Å². The highest BCUT2D eigenvalue weighted by Gasteiger charge is 2.04. The summed E-state index contributed by atoms with van der Waals surface area (Å²) in [5, 5.41) is 14.4. The van der Waals surface area contributed by atoms with Gasteiger partial charge < -0.3 is 10.4 Å². The predicted molar refractivity (Wildman–Crippen MR) is 68.0 cm³/mol. The highest BCUT2D eigenvalue weighted by molar-refractivity contribution is 7.16. The first-order valence-electron chi connectivity index (χ1n) is 5.36. The molecule has 1 aromatic rings. The number of thiazole rings is 1. The fraction of sp³-hybridized carbons (Fsp3) is 0.455. The zero-order chi connectivity index (χ0) is 12.5. The van der Waals surface area contributed by atoms with Crippen LogP contribution in [-0.2, 0) is 0 Å². The van der Waals surface area contributed by atoms with Crippen molar-refractivity contribution in [1.82, 2.24) is 10.3 Å². The maximum Gasteiger partial charge on any atom is 0.321 e. The van der Waals surface area contributed by atoms with Gasteiger partial charge in [-0.3, -0.25) is 5.32 Å². The summed E-state index contributed by atoms with van der Waals surface area (Å²) in [5.41, 5.74) is 0. The highest BCUT2D eigenvalue weighted by Crippen LogP contribution is 2.16. The fourth-order valence-corrected chi connectivity index (χ4v) is 1.72. The van der Waals surface area contributed by atoms with Crippen LogP contribution < -0.4 is 10.6 Å². The molecule has 6 heteroatoms. The van der Waals surface area contributed by atoms with Crippen molar-refractivity contribution in [3.63, 3.8) is 0 Å². The molecule has 0 bridgehead atoms. The Morgan fingerprint density at radius 2 is 2.47 bits per heavy atom. The van der Waals surface area contributed by atoms with E-state index in [2.05, 4.69) is 34.4 Å². The molecule has 0 unspecified atom stereocenters. The van der Waals surface area contributed by atoms with E-state index in [0.29, 0.717) is 16.6 Å².